The monoisotopic (exact) mass is 267 g/mol. The number of carboxylic acid groups (broad SMARTS) is 1. The van der Waals surface area contributed by atoms with Gasteiger partial charge in [-0.1, -0.05) is 27.7 Å². The minimum Gasteiger partial charge on any atom is -0.481 e. The third-order valence-corrected chi connectivity index (χ3v) is 5.32. The highest BCUT2D eigenvalue weighted by Crippen LogP contribution is 2.58. The maximum Gasteiger partial charge on any atom is 0.307 e. The van der Waals surface area contributed by atoms with E-state index in [1.54, 1.807) is 0 Å². The quantitative estimate of drug-likeness (QED) is 0.824. The van der Waals surface area contributed by atoms with Crippen molar-refractivity contribution in [1.29, 1.82) is 0 Å². The van der Waals surface area contributed by atoms with Crippen LogP contribution >= 0.6 is 0 Å². The highest BCUT2D eigenvalue weighted by molar-refractivity contribution is 5.91. The lowest BCUT2D eigenvalue weighted by Crippen LogP contribution is -2.41. The van der Waals surface area contributed by atoms with E-state index in [1.807, 2.05) is 13.8 Å². The molecule has 5 atom stereocenters. The summed E-state index contributed by atoms with van der Waals surface area (Å²) in [4.78, 5) is 23.3. The molecule has 2 saturated carbocycles. The van der Waals surface area contributed by atoms with E-state index in [2.05, 4.69) is 19.2 Å². The third kappa shape index (κ3) is 2.63. The molecule has 0 spiro atoms. The zero-order valence-electron chi connectivity index (χ0n) is 12.3. The van der Waals surface area contributed by atoms with Crippen LogP contribution in [-0.2, 0) is 9.59 Å². The van der Waals surface area contributed by atoms with Crippen molar-refractivity contribution in [2.24, 2.45) is 29.1 Å². The van der Waals surface area contributed by atoms with Crippen LogP contribution in [0.1, 0.15) is 47.0 Å². The average molecular weight is 267 g/mol. The fraction of sp³-hybridized carbons (Fsp3) is 0.867. The van der Waals surface area contributed by atoms with E-state index in [0.29, 0.717) is 5.92 Å². The highest BCUT2D eigenvalue weighted by atomic mass is 16.4. The zero-order valence-corrected chi connectivity index (χ0v) is 12.3. The summed E-state index contributed by atoms with van der Waals surface area (Å²) in [6.07, 6.45) is 3.17. The average Bonchev–Trinajstić information content (AvgIpc) is 2.87. The molecule has 5 unspecified atom stereocenters. The van der Waals surface area contributed by atoms with Crippen LogP contribution < -0.4 is 5.32 Å². The Balaban J connectivity index is 1.91. The Kier molecular flexibility index (Phi) is 3.63. The second-order valence-electron chi connectivity index (χ2n) is 7.09. The molecule has 0 heterocycles. The van der Waals surface area contributed by atoms with Crippen molar-refractivity contribution < 1.29 is 14.7 Å². The summed E-state index contributed by atoms with van der Waals surface area (Å²) in [6.45, 7) is 8.21. The molecule has 0 aromatic heterocycles. The minimum atomic E-state index is -0.851. The number of carboxylic acids is 1. The Bertz CT molecular complexity index is 391. The first-order valence-electron chi connectivity index (χ1n) is 7.28. The Morgan fingerprint density at radius 3 is 2.21 bits per heavy atom. The van der Waals surface area contributed by atoms with E-state index < -0.39 is 17.3 Å². The Morgan fingerprint density at radius 2 is 1.74 bits per heavy atom. The second-order valence-corrected chi connectivity index (χ2v) is 7.09. The van der Waals surface area contributed by atoms with Crippen molar-refractivity contribution in [3.63, 3.8) is 0 Å². The normalized spacial score (nSPS) is 40.5. The van der Waals surface area contributed by atoms with Crippen LogP contribution in [0.4, 0.5) is 0 Å². The van der Waals surface area contributed by atoms with Crippen molar-refractivity contribution >= 4 is 11.9 Å². The molecule has 0 bridgehead atoms. The lowest BCUT2D eigenvalue weighted by atomic mass is 9.79. The molecule has 19 heavy (non-hydrogen) atoms. The van der Waals surface area contributed by atoms with E-state index in [9.17, 15) is 9.59 Å². The molecule has 2 aliphatic rings. The van der Waals surface area contributed by atoms with Crippen LogP contribution in [-0.4, -0.2) is 23.0 Å². The number of amides is 1. The second kappa shape index (κ2) is 4.80. The molecule has 4 heteroatoms. The Hall–Kier alpha value is -1.06. The Labute approximate surface area is 115 Å². The van der Waals surface area contributed by atoms with Crippen LogP contribution in [0, 0.1) is 29.1 Å². The smallest absolute Gasteiger partial charge is 0.307 e. The maximum atomic E-state index is 12.2. The molecule has 2 N–H and O–H groups in total. The van der Waals surface area contributed by atoms with Gasteiger partial charge in [0.05, 0.1) is 11.8 Å². The molecule has 0 aliphatic heterocycles. The first-order chi connectivity index (χ1) is 8.75. The van der Waals surface area contributed by atoms with E-state index in [-0.39, 0.29) is 17.9 Å². The van der Waals surface area contributed by atoms with Gasteiger partial charge in [-0.15, -0.1) is 0 Å². The lowest BCUT2D eigenvalue weighted by Gasteiger charge is -2.32. The molecule has 2 rings (SSSR count). The van der Waals surface area contributed by atoms with Crippen LogP contribution in [0.5, 0.6) is 0 Å². The van der Waals surface area contributed by atoms with Crippen LogP contribution in [0.25, 0.3) is 0 Å². The largest absolute Gasteiger partial charge is 0.481 e. The van der Waals surface area contributed by atoms with Gasteiger partial charge in [-0.2, -0.15) is 0 Å². The van der Waals surface area contributed by atoms with Gasteiger partial charge in [-0.05, 0) is 36.5 Å². The van der Waals surface area contributed by atoms with Gasteiger partial charge >= 0.3 is 5.97 Å². The first kappa shape index (κ1) is 14.4. The molecule has 4 nitrogen and oxygen atoms in total. The minimum absolute atomic E-state index is 0.0656. The fourth-order valence-corrected chi connectivity index (χ4v) is 3.56. The van der Waals surface area contributed by atoms with Gasteiger partial charge in [-0.3, -0.25) is 9.59 Å². The molecular formula is C15H25NO3. The molecule has 0 aromatic rings. The summed E-state index contributed by atoms with van der Waals surface area (Å²) in [6, 6.07) is 0.226. The number of carbonyl (C=O) groups is 2. The summed E-state index contributed by atoms with van der Waals surface area (Å²) in [5, 5.41) is 12.2. The number of carbonyl (C=O) groups excluding carboxylic acids is 1. The van der Waals surface area contributed by atoms with E-state index in [4.69, 9.17) is 5.11 Å². The van der Waals surface area contributed by atoms with Gasteiger partial charge in [0.1, 0.15) is 0 Å². The van der Waals surface area contributed by atoms with Crippen LogP contribution in [0.2, 0.25) is 0 Å². The number of rotatable bonds is 3. The van der Waals surface area contributed by atoms with Gasteiger partial charge in [0.2, 0.25) is 5.91 Å². The van der Waals surface area contributed by atoms with Crippen LogP contribution in [0.15, 0.2) is 0 Å². The predicted molar refractivity (Wildman–Crippen MR) is 72.5 cm³/mol. The topological polar surface area (TPSA) is 66.4 Å². The highest BCUT2D eigenvalue weighted by Gasteiger charge is 2.66. The summed E-state index contributed by atoms with van der Waals surface area (Å²) in [5.74, 6) is -0.453. The number of aliphatic carboxylic acids is 1. The van der Waals surface area contributed by atoms with Crippen molar-refractivity contribution in [3.05, 3.63) is 0 Å². The predicted octanol–water partition coefficient (Wildman–Crippen LogP) is 2.28. The summed E-state index contributed by atoms with van der Waals surface area (Å²) >= 11 is 0. The number of hydrogen-bond donors (Lipinski definition) is 2. The van der Waals surface area contributed by atoms with Crippen molar-refractivity contribution in [2.75, 3.05) is 0 Å². The maximum absolute atomic E-state index is 12.2. The van der Waals surface area contributed by atoms with Gasteiger partial charge in [0.15, 0.2) is 0 Å². The van der Waals surface area contributed by atoms with E-state index in [0.717, 1.165) is 25.2 Å². The molecule has 108 valence electrons. The Morgan fingerprint density at radius 1 is 1.11 bits per heavy atom. The molecular weight excluding hydrogens is 242 g/mol. The number of hydrogen-bond acceptors (Lipinski definition) is 2. The van der Waals surface area contributed by atoms with E-state index >= 15 is 0 Å². The summed E-state index contributed by atoms with van der Waals surface area (Å²) in [5.41, 5.74) is -0.399. The van der Waals surface area contributed by atoms with E-state index in [1.165, 1.54) is 0 Å². The molecule has 2 aliphatic carbocycles. The van der Waals surface area contributed by atoms with Gasteiger partial charge in [0, 0.05) is 6.04 Å². The SMILES string of the molecule is CC1CCC(NC(=O)C2C(C(=O)O)C2(C)C)CC1C. The summed E-state index contributed by atoms with van der Waals surface area (Å²) in [7, 11) is 0. The molecule has 0 saturated heterocycles. The zero-order chi connectivity index (χ0) is 14.4. The summed E-state index contributed by atoms with van der Waals surface area (Å²) < 4.78 is 0. The fourth-order valence-electron chi connectivity index (χ4n) is 3.56. The van der Waals surface area contributed by atoms with Crippen molar-refractivity contribution in [2.45, 2.75) is 53.0 Å². The molecule has 0 radical (unpaired) electrons. The number of nitrogens with one attached hydrogen (secondary N) is 1. The van der Waals surface area contributed by atoms with Crippen molar-refractivity contribution in [3.8, 4) is 0 Å². The molecule has 2 fully saturated rings. The van der Waals surface area contributed by atoms with Gasteiger partial charge in [-0.25, -0.2) is 0 Å². The standard InChI is InChI=1S/C15H25NO3/c1-8-5-6-10(7-9(8)2)16-13(17)11-12(14(18)19)15(11,3)4/h8-12H,5-7H2,1-4H3,(H,16,17)(H,18,19). The molecule has 0 aromatic carbocycles. The van der Waals surface area contributed by atoms with Gasteiger partial charge < -0.3 is 10.4 Å². The van der Waals surface area contributed by atoms with Gasteiger partial charge in [0.25, 0.3) is 0 Å². The van der Waals surface area contributed by atoms with Crippen molar-refractivity contribution in [1.82, 2.24) is 5.32 Å². The lowest BCUT2D eigenvalue weighted by molar-refractivity contribution is -0.140. The third-order valence-electron chi connectivity index (χ3n) is 5.32. The molecule has 1 amide bonds. The van der Waals surface area contributed by atoms with Crippen LogP contribution in [0.3, 0.4) is 0 Å². The first-order valence-corrected chi connectivity index (χ1v) is 7.28.